The van der Waals surface area contributed by atoms with E-state index in [2.05, 4.69) is 85.4 Å². The van der Waals surface area contributed by atoms with Crippen molar-refractivity contribution in [1.82, 2.24) is 9.13 Å². The van der Waals surface area contributed by atoms with Crippen LogP contribution in [0.25, 0.3) is 65.9 Å². The van der Waals surface area contributed by atoms with Crippen LogP contribution in [0.4, 0.5) is 0 Å². The average molecular weight is 585 g/mol. The number of aromatic nitrogens is 2. The van der Waals surface area contributed by atoms with Gasteiger partial charge in [0.15, 0.2) is 23.0 Å². The standard InChI is InChI=1S/C38H36N2O4/c1-21(2)19-39-27-11-7-5-9-25(27)35-34(24-14-16-30(42)32(44)18-24)38-36(26-10-6-8-12-28(26)40(38)20-22(3)4)33(37(35)39)23-13-15-29(41)31(43)17-23/h5-18,21-22,41-44H,19-20H2,1-4H3. The van der Waals surface area contributed by atoms with Crippen molar-refractivity contribution in [2.45, 2.75) is 40.8 Å². The zero-order valence-electron chi connectivity index (χ0n) is 25.3. The molecule has 0 saturated carbocycles. The van der Waals surface area contributed by atoms with Gasteiger partial charge >= 0.3 is 0 Å². The van der Waals surface area contributed by atoms with E-state index in [1.54, 1.807) is 24.3 Å². The number of phenols is 4. The van der Waals surface area contributed by atoms with Crippen LogP contribution >= 0.6 is 0 Å². The second-order valence-corrected chi connectivity index (χ2v) is 12.6. The topological polar surface area (TPSA) is 90.8 Å². The molecule has 2 heterocycles. The molecule has 2 aromatic heterocycles. The lowest BCUT2D eigenvalue weighted by Gasteiger charge is -2.20. The average Bonchev–Trinajstić information content (AvgIpc) is 3.48. The van der Waals surface area contributed by atoms with Gasteiger partial charge in [-0.1, -0.05) is 76.2 Å². The normalized spacial score (nSPS) is 12.1. The molecule has 0 spiro atoms. The molecule has 0 radical (unpaired) electrons. The summed E-state index contributed by atoms with van der Waals surface area (Å²) in [6.07, 6.45) is 0. The van der Waals surface area contributed by atoms with E-state index in [1.165, 1.54) is 0 Å². The Morgan fingerprint density at radius 1 is 0.500 bits per heavy atom. The van der Waals surface area contributed by atoms with Crippen LogP contribution in [-0.4, -0.2) is 29.6 Å². The lowest BCUT2D eigenvalue weighted by atomic mass is 9.89. The molecule has 0 amide bonds. The molecule has 7 aromatic rings. The summed E-state index contributed by atoms with van der Waals surface area (Å²) in [5.41, 5.74) is 7.79. The summed E-state index contributed by atoms with van der Waals surface area (Å²) >= 11 is 0. The van der Waals surface area contributed by atoms with Gasteiger partial charge in [-0.2, -0.15) is 0 Å². The Morgan fingerprint density at radius 2 is 0.886 bits per heavy atom. The van der Waals surface area contributed by atoms with Crippen LogP contribution in [0.15, 0.2) is 84.9 Å². The van der Waals surface area contributed by atoms with Crippen LogP contribution in [0.5, 0.6) is 23.0 Å². The molecule has 222 valence electrons. The van der Waals surface area contributed by atoms with Gasteiger partial charge in [-0.25, -0.2) is 0 Å². The molecular weight excluding hydrogens is 548 g/mol. The number of rotatable bonds is 6. The third kappa shape index (κ3) is 4.16. The molecule has 0 aliphatic heterocycles. The minimum atomic E-state index is -0.172. The van der Waals surface area contributed by atoms with E-state index in [0.717, 1.165) is 79.0 Å². The van der Waals surface area contributed by atoms with Crippen LogP contribution in [0, 0.1) is 11.8 Å². The maximum atomic E-state index is 10.8. The number of nitrogens with zero attached hydrogens (tertiary/aromatic N) is 2. The van der Waals surface area contributed by atoms with Crippen molar-refractivity contribution in [2.75, 3.05) is 0 Å². The molecule has 6 heteroatoms. The maximum absolute atomic E-state index is 10.8. The van der Waals surface area contributed by atoms with Gasteiger partial charge in [-0.15, -0.1) is 0 Å². The first-order valence-electron chi connectivity index (χ1n) is 15.2. The highest BCUT2D eigenvalue weighted by atomic mass is 16.3. The zero-order chi connectivity index (χ0) is 30.9. The Balaban J connectivity index is 1.86. The van der Waals surface area contributed by atoms with E-state index < -0.39 is 0 Å². The first kappa shape index (κ1) is 27.7. The van der Waals surface area contributed by atoms with Crippen molar-refractivity contribution in [3.8, 4) is 45.3 Å². The molecule has 0 bridgehead atoms. The predicted molar refractivity (Wildman–Crippen MR) is 180 cm³/mol. The molecule has 0 aliphatic rings. The van der Waals surface area contributed by atoms with Gasteiger partial charge in [0.25, 0.3) is 0 Å². The Bertz CT molecular complexity index is 2080. The molecule has 0 saturated heterocycles. The molecule has 7 rings (SSSR count). The Hall–Kier alpha value is -5.10. The third-order valence-corrected chi connectivity index (χ3v) is 8.54. The van der Waals surface area contributed by atoms with E-state index in [0.29, 0.717) is 11.8 Å². The number of para-hydroxylation sites is 2. The van der Waals surface area contributed by atoms with Gasteiger partial charge in [0.05, 0.1) is 11.0 Å². The second-order valence-electron chi connectivity index (χ2n) is 12.6. The van der Waals surface area contributed by atoms with E-state index in [-0.39, 0.29) is 23.0 Å². The van der Waals surface area contributed by atoms with E-state index in [4.69, 9.17) is 0 Å². The summed E-state index contributed by atoms with van der Waals surface area (Å²) in [4.78, 5) is 0. The van der Waals surface area contributed by atoms with Gasteiger partial charge in [0.1, 0.15) is 0 Å². The zero-order valence-corrected chi connectivity index (χ0v) is 25.3. The lowest BCUT2D eigenvalue weighted by molar-refractivity contribution is 0.404. The van der Waals surface area contributed by atoms with Gasteiger partial charge in [0.2, 0.25) is 0 Å². The summed E-state index contributed by atoms with van der Waals surface area (Å²) in [5.74, 6) is 0.00997. The first-order valence-corrected chi connectivity index (χ1v) is 15.2. The van der Waals surface area contributed by atoms with Crippen molar-refractivity contribution >= 4 is 43.6 Å². The number of hydrogen-bond acceptors (Lipinski definition) is 4. The largest absolute Gasteiger partial charge is 0.504 e. The highest BCUT2D eigenvalue weighted by molar-refractivity contribution is 6.32. The fraction of sp³-hybridized carbons (Fsp3) is 0.211. The Kier molecular flexibility index (Phi) is 6.47. The number of aromatic hydroxyl groups is 4. The molecule has 6 nitrogen and oxygen atoms in total. The van der Waals surface area contributed by atoms with Gasteiger partial charge in [-0.05, 0) is 59.4 Å². The number of fused-ring (bicyclic) bond motifs is 6. The molecule has 0 aliphatic carbocycles. The van der Waals surface area contributed by atoms with Crippen molar-refractivity contribution in [2.24, 2.45) is 11.8 Å². The second kappa shape index (κ2) is 10.3. The number of benzene rings is 5. The quantitative estimate of drug-likeness (QED) is 0.147. The molecule has 4 N–H and O–H groups in total. The molecule has 0 atom stereocenters. The molecule has 44 heavy (non-hydrogen) atoms. The van der Waals surface area contributed by atoms with Crippen LogP contribution in [0.3, 0.4) is 0 Å². The molecule has 0 unspecified atom stereocenters. The van der Waals surface area contributed by atoms with Crippen molar-refractivity contribution in [3.05, 3.63) is 84.9 Å². The molecule has 5 aromatic carbocycles. The minimum Gasteiger partial charge on any atom is -0.504 e. The van der Waals surface area contributed by atoms with Crippen LogP contribution in [0.1, 0.15) is 27.7 Å². The van der Waals surface area contributed by atoms with Gasteiger partial charge in [0, 0.05) is 56.8 Å². The van der Waals surface area contributed by atoms with Crippen molar-refractivity contribution in [3.63, 3.8) is 0 Å². The van der Waals surface area contributed by atoms with Crippen LogP contribution < -0.4 is 0 Å². The van der Waals surface area contributed by atoms with E-state index >= 15 is 0 Å². The third-order valence-electron chi connectivity index (χ3n) is 8.54. The van der Waals surface area contributed by atoms with Gasteiger partial charge < -0.3 is 29.6 Å². The molecular formula is C38H36N2O4. The fourth-order valence-corrected chi connectivity index (χ4v) is 6.90. The SMILES string of the molecule is CC(C)Cn1c2ccccc2c2c(-c3ccc(O)c(O)c3)c3c(c(-c4ccc(O)c(O)c4)c21)c1ccccc1n3CC(C)C. The summed E-state index contributed by atoms with van der Waals surface area (Å²) in [6.45, 7) is 10.4. The highest BCUT2D eigenvalue weighted by Crippen LogP contribution is 2.52. The van der Waals surface area contributed by atoms with E-state index in [9.17, 15) is 20.4 Å². The first-order chi connectivity index (χ1) is 21.2. The number of hydrogen-bond donors (Lipinski definition) is 4. The van der Waals surface area contributed by atoms with Crippen molar-refractivity contribution in [1.29, 1.82) is 0 Å². The van der Waals surface area contributed by atoms with Gasteiger partial charge in [-0.3, -0.25) is 0 Å². The minimum absolute atomic E-state index is 0.164. The Morgan fingerprint density at radius 3 is 1.25 bits per heavy atom. The lowest BCUT2D eigenvalue weighted by Crippen LogP contribution is -2.06. The monoisotopic (exact) mass is 584 g/mol. The summed E-state index contributed by atoms with van der Waals surface area (Å²) in [5, 5.41) is 46.4. The smallest absolute Gasteiger partial charge is 0.158 e. The summed E-state index contributed by atoms with van der Waals surface area (Å²) in [7, 11) is 0. The highest BCUT2D eigenvalue weighted by Gasteiger charge is 2.28. The number of phenolic OH excluding ortho intramolecular Hbond substituents is 4. The van der Waals surface area contributed by atoms with E-state index in [1.807, 2.05) is 12.1 Å². The molecule has 0 fully saturated rings. The maximum Gasteiger partial charge on any atom is 0.158 e. The van der Waals surface area contributed by atoms with Crippen LogP contribution in [0.2, 0.25) is 0 Å². The van der Waals surface area contributed by atoms with Crippen LogP contribution in [-0.2, 0) is 13.1 Å². The Labute approximate surface area is 255 Å². The van der Waals surface area contributed by atoms with Crippen molar-refractivity contribution < 1.29 is 20.4 Å². The predicted octanol–water partition coefficient (Wildman–Crippen LogP) is 9.37. The summed E-state index contributed by atoms with van der Waals surface area (Å²) in [6, 6.07) is 27.0. The summed E-state index contributed by atoms with van der Waals surface area (Å²) < 4.78 is 4.76. The fourth-order valence-electron chi connectivity index (χ4n) is 6.90.